The predicted octanol–water partition coefficient (Wildman–Crippen LogP) is 4.61. The summed E-state index contributed by atoms with van der Waals surface area (Å²) in [6, 6.07) is 2.95. The Morgan fingerprint density at radius 1 is 1.26 bits per heavy atom. The van der Waals surface area contributed by atoms with Crippen molar-refractivity contribution in [2.24, 2.45) is 23.5 Å². The summed E-state index contributed by atoms with van der Waals surface area (Å²) in [5.74, 6) is -3.96. The van der Waals surface area contributed by atoms with E-state index in [0.29, 0.717) is 36.9 Å². The number of nitrogens with zero attached hydrogens (tertiary/aromatic N) is 1. The van der Waals surface area contributed by atoms with Crippen molar-refractivity contribution in [2.45, 2.75) is 63.2 Å². The molecule has 2 aliphatic rings. The molecule has 168 valence electrons. The van der Waals surface area contributed by atoms with Crippen molar-refractivity contribution in [1.29, 1.82) is 0 Å². The number of H-pyrrole nitrogens is 1. The average Bonchev–Trinajstić information content (AvgIpc) is 3.10. The molecule has 2 aliphatic carbocycles. The highest BCUT2D eigenvalue weighted by Gasteiger charge is 2.44. The Kier molecular flexibility index (Phi) is 5.79. The van der Waals surface area contributed by atoms with Crippen molar-refractivity contribution < 1.29 is 22.4 Å². The third-order valence-electron chi connectivity index (χ3n) is 6.98. The van der Waals surface area contributed by atoms with Crippen LogP contribution in [-0.4, -0.2) is 28.2 Å². The lowest BCUT2D eigenvalue weighted by Crippen LogP contribution is -2.30. The summed E-state index contributed by atoms with van der Waals surface area (Å²) < 4.78 is 53.5. The topological polar surface area (TPSA) is 88.8 Å². The molecule has 2 fully saturated rings. The van der Waals surface area contributed by atoms with E-state index in [9.17, 15) is 27.2 Å². The smallest absolute Gasteiger partial charge is 0.268 e. The number of carbonyl (C=O) groups is 1. The summed E-state index contributed by atoms with van der Waals surface area (Å²) in [6.07, 6.45) is 0.0303. The molecule has 5 nitrogen and oxygen atoms in total. The van der Waals surface area contributed by atoms with Crippen molar-refractivity contribution in [3.63, 3.8) is 0 Å². The second-order valence-corrected chi connectivity index (χ2v) is 8.96. The second kappa shape index (κ2) is 8.24. The highest BCUT2D eigenvalue weighted by atomic mass is 19.3. The van der Waals surface area contributed by atoms with E-state index in [1.807, 2.05) is 0 Å². The fourth-order valence-electron chi connectivity index (χ4n) is 5.60. The van der Waals surface area contributed by atoms with Crippen LogP contribution >= 0.6 is 0 Å². The lowest BCUT2D eigenvalue weighted by molar-refractivity contribution is -0.0531. The van der Waals surface area contributed by atoms with Gasteiger partial charge in [-0.3, -0.25) is 14.6 Å². The standard InChI is InChI=1S/C22H25F4N3O2/c23-18(24)9-11-7-13(12-1-4-22(25,26)5-2-12)14(8-11)16-10-17(30)19-15(29-16)3-6-28-20(19)21(27)31/h3,6,10-14,18H,1-2,4-5,7-9H2,(H2,27,31)(H,29,30)/t11-,13?,14-/m1/s1. The first-order valence-electron chi connectivity index (χ1n) is 10.6. The molecule has 9 heteroatoms. The maximum atomic E-state index is 13.7. The van der Waals surface area contributed by atoms with Gasteiger partial charge in [-0.1, -0.05) is 0 Å². The van der Waals surface area contributed by atoms with E-state index in [1.165, 1.54) is 12.3 Å². The van der Waals surface area contributed by atoms with Gasteiger partial charge in [0.1, 0.15) is 5.69 Å². The number of hydrogen-bond acceptors (Lipinski definition) is 3. The van der Waals surface area contributed by atoms with Gasteiger partial charge in [-0.15, -0.1) is 0 Å². The molecule has 0 saturated heterocycles. The molecule has 1 unspecified atom stereocenters. The van der Waals surface area contributed by atoms with Gasteiger partial charge in [0.2, 0.25) is 12.3 Å². The summed E-state index contributed by atoms with van der Waals surface area (Å²) in [6.45, 7) is 0. The Labute approximate surface area is 176 Å². The van der Waals surface area contributed by atoms with Crippen LogP contribution in [0.1, 0.15) is 67.0 Å². The Bertz CT molecular complexity index is 1030. The van der Waals surface area contributed by atoms with E-state index >= 15 is 0 Å². The summed E-state index contributed by atoms with van der Waals surface area (Å²) in [4.78, 5) is 31.5. The summed E-state index contributed by atoms with van der Waals surface area (Å²) in [7, 11) is 0. The van der Waals surface area contributed by atoms with Crippen molar-refractivity contribution in [2.75, 3.05) is 0 Å². The first kappa shape index (κ1) is 21.8. The van der Waals surface area contributed by atoms with Gasteiger partial charge >= 0.3 is 0 Å². The number of hydrogen-bond donors (Lipinski definition) is 2. The minimum atomic E-state index is -2.66. The van der Waals surface area contributed by atoms with Crippen LogP contribution in [0.4, 0.5) is 17.6 Å². The largest absolute Gasteiger partial charge is 0.364 e. The summed E-state index contributed by atoms with van der Waals surface area (Å²) in [5.41, 5.74) is 5.78. The number of amides is 1. The van der Waals surface area contributed by atoms with Gasteiger partial charge in [-0.25, -0.2) is 17.6 Å². The van der Waals surface area contributed by atoms with Crippen LogP contribution in [0.5, 0.6) is 0 Å². The molecule has 3 atom stereocenters. The van der Waals surface area contributed by atoms with E-state index in [4.69, 9.17) is 5.73 Å². The maximum absolute atomic E-state index is 13.7. The van der Waals surface area contributed by atoms with Gasteiger partial charge in [0.05, 0.1) is 10.9 Å². The quantitative estimate of drug-likeness (QED) is 0.667. The number of alkyl halides is 4. The van der Waals surface area contributed by atoms with E-state index in [-0.39, 0.29) is 54.0 Å². The number of nitrogens with two attached hydrogens (primary N) is 1. The fourth-order valence-corrected chi connectivity index (χ4v) is 5.60. The summed E-state index contributed by atoms with van der Waals surface area (Å²) in [5, 5.41) is 0.0923. The third kappa shape index (κ3) is 4.45. The number of fused-ring (bicyclic) bond motifs is 1. The van der Waals surface area contributed by atoms with E-state index in [0.717, 1.165) is 0 Å². The molecule has 4 rings (SSSR count). The molecule has 0 radical (unpaired) electrons. The number of halogens is 4. The van der Waals surface area contributed by atoms with Gasteiger partial charge in [0.25, 0.3) is 5.91 Å². The van der Waals surface area contributed by atoms with Crippen LogP contribution in [0.15, 0.2) is 23.1 Å². The van der Waals surface area contributed by atoms with Crippen LogP contribution in [0, 0.1) is 17.8 Å². The highest BCUT2D eigenvalue weighted by molar-refractivity contribution is 6.03. The molecule has 2 aromatic heterocycles. The SMILES string of the molecule is NC(=O)c1nccc2[nH]c([C@@H]3C[C@H](CC(F)F)CC3C3CCC(F)(F)CC3)cc(=O)c12. The average molecular weight is 439 g/mol. The van der Waals surface area contributed by atoms with E-state index in [1.54, 1.807) is 6.07 Å². The first-order valence-corrected chi connectivity index (χ1v) is 10.6. The van der Waals surface area contributed by atoms with E-state index in [2.05, 4.69) is 9.97 Å². The van der Waals surface area contributed by atoms with E-state index < -0.39 is 23.7 Å². The first-order chi connectivity index (χ1) is 14.6. The van der Waals surface area contributed by atoms with Crippen molar-refractivity contribution in [3.05, 3.63) is 39.9 Å². The molecule has 2 aromatic rings. The van der Waals surface area contributed by atoms with Crippen molar-refractivity contribution in [1.82, 2.24) is 9.97 Å². The number of carbonyl (C=O) groups excluding carboxylic acids is 1. The molecule has 2 saturated carbocycles. The Balaban J connectivity index is 1.70. The molecule has 1 amide bonds. The molecule has 2 heterocycles. The second-order valence-electron chi connectivity index (χ2n) is 8.96. The number of primary amides is 1. The number of rotatable bonds is 5. The molecular formula is C22H25F4N3O2. The fraction of sp³-hybridized carbons (Fsp3) is 0.591. The van der Waals surface area contributed by atoms with Crippen LogP contribution in [0.3, 0.4) is 0 Å². The minimum Gasteiger partial charge on any atom is -0.364 e. The maximum Gasteiger partial charge on any atom is 0.268 e. The Hall–Kier alpha value is -2.45. The minimum absolute atomic E-state index is 0.00474. The Morgan fingerprint density at radius 3 is 2.61 bits per heavy atom. The summed E-state index contributed by atoms with van der Waals surface area (Å²) >= 11 is 0. The monoisotopic (exact) mass is 439 g/mol. The number of aromatic amines is 1. The Morgan fingerprint density at radius 2 is 1.97 bits per heavy atom. The predicted molar refractivity (Wildman–Crippen MR) is 107 cm³/mol. The molecular weight excluding hydrogens is 414 g/mol. The lowest BCUT2D eigenvalue weighted by Gasteiger charge is -2.35. The lowest BCUT2D eigenvalue weighted by atomic mass is 9.73. The van der Waals surface area contributed by atoms with Gasteiger partial charge in [0.15, 0.2) is 5.43 Å². The van der Waals surface area contributed by atoms with Gasteiger partial charge < -0.3 is 10.7 Å². The normalized spacial score (nSPS) is 26.5. The molecule has 3 N–H and O–H groups in total. The van der Waals surface area contributed by atoms with Crippen molar-refractivity contribution in [3.8, 4) is 0 Å². The van der Waals surface area contributed by atoms with Crippen molar-refractivity contribution >= 4 is 16.8 Å². The van der Waals surface area contributed by atoms with Gasteiger partial charge in [-0.05, 0) is 49.5 Å². The third-order valence-corrected chi connectivity index (χ3v) is 6.98. The molecule has 0 aromatic carbocycles. The molecule has 0 aliphatic heterocycles. The molecule has 0 bridgehead atoms. The highest BCUT2D eigenvalue weighted by Crippen LogP contribution is 2.52. The molecule has 0 spiro atoms. The number of pyridine rings is 2. The molecule has 31 heavy (non-hydrogen) atoms. The van der Waals surface area contributed by atoms with Crippen LogP contribution < -0.4 is 11.2 Å². The van der Waals surface area contributed by atoms with Crippen LogP contribution in [-0.2, 0) is 0 Å². The van der Waals surface area contributed by atoms with Crippen LogP contribution in [0.2, 0.25) is 0 Å². The van der Waals surface area contributed by atoms with Gasteiger partial charge in [0, 0.05) is 43.1 Å². The zero-order chi connectivity index (χ0) is 22.3. The zero-order valence-corrected chi connectivity index (χ0v) is 16.9. The number of aromatic nitrogens is 2. The van der Waals surface area contributed by atoms with Crippen LogP contribution in [0.25, 0.3) is 10.9 Å². The van der Waals surface area contributed by atoms with Gasteiger partial charge in [-0.2, -0.15) is 0 Å². The zero-order valence-electron chi connectivity index (χ0n) is 16.9. The number of nitrogens with one attached hydrogen (secondary N) is 1.